The minimum atomic E-state index is -2.63. The molecule has 0 N–H and O–H groups in total. The van der Waals surface area contributed by atoms with E-state index < -0.39 is 65.8 Å². The molecule has 7 heteroatoms. The van der Waals surface area contributed by atoms with Crippen LogP contribution in [0.3, 0.4) is 0 Å². The summed E-state index contributed by atoms with van der Waals surface area (Å²) >= 11 is -5.06. The van der Waals surface area contributed by atoms with Crippen molar-refractivity contribution in [1.29, 1.82) is 0 Å². The zero-order valence-corrected chi connectivity index (χ0v) is 23.1. The van der Waals surface area contributed by atoms with Gasteiger partial charge in [-0.05, 0) is 0 Å². The van der Waals surface area contributed by atoms with E-state index in [9.17, 15) is 22.0 Å². The standard InChI is InChI=1S/C6H2F3.C6H3F2.3C2H5.3CH3.2Sn/c7-4-2-1-3-5(8)6(4)9;7-5-2-1-3-6(8)4-5;3*1-2;;;;;/h1-2H;2-4H;3*1H2,2H3;3*1H3;;. The second kappa shape index (κ2) is 10.6. The van der Waals surface area contributed by atoms with Gasteiger partial charge in [0, 0.05) is 0 Å². The van der Waals surface area contributed by atoms with Gasteiger partial charge in [-0.2, -0.15) is 0 Å². The van der Waals surface area contributed by atoms with E-state index in [1.807, 2.05) is 14.8 Å². The van der Waals surface area contributed by atoms with Gasteiger partial charge in [-0.3, -0.25) is 0 Å². The Morgan fingerprint density at radius 3 is 1.54 bits per heavy atom. The van der Waals surface area contributed by atoms with E-state index >= 15 is 0 Å². The molecule has 0 aliphatic heterocycles. The van der Waals surface area contributed by atoms with Crippen molar-refractivity contribution in [3.63, 3.8) is 0 Å². The zero-order valence-electron chi connectivity index (χ0n) is 17.4. The molecule has 0 aliphatic carbocycles. The molecule has 0 nitrogen and oxygen atoms in total. The number of halogens is 5. The molecule has 0 atom stereocenters. The molecule has 0 fully saturated rings. The number of hydrogen-bond acceptors (Lipinski definition) is 0. The van der Waals surface area contributed by atoms with Gasteiger partial charge in [0.05, 0.1) is 0 Å². The molecule has 0 amide bonds. The summed E-state index contributed by atoms with van der Waals surface area (Å²) in [5, 5.41) is 0. The van der Waals surface area contributed by atoms with E-state index in [0.29, 0.717) is 3.58 Å². The van der Waals surface area contributed by atoms with Crippen LogP contribution in [0.25, 0.3) is 0 Å². The van der Waals surface area contributed by atoms with E-state index in [0.717, 1.165) is 29.0 Å². The van der Waals surface area contributed by atoms with Crippen molar-refractivity contribution < 1.29 is 22.0 Å². The van der Waals surface area contributed by atoms with Crippen LogP contribution >= 0.6 is 0 Å². The molecule has 0 spiro atoms. The first-order valence-corrected chi connectivity index (χ1v) is 27.0. The number of benzene rings is 2. The van der Waals surface area contributed by atoms with Crippen LogP contribution in [0.5, 0.6) is 0 Å². The molecule has 0 bridgehead atoms. The third-order valence-corrected chi connectivity index (χ3v) is 27.0. The predicted molar refractivity (Wildman–Crippen MR) is 112 cm³/mol. The first kappa shape index (κ1) is 25.7. The van der Waals surface area contributed by atoms with E-state index in [1.165, 1.54) is 6.07 Å². The Balaban J connectivity index is 0.000000283. The summed E-state index contributed by atoms with van der Waals surface area (Å²) in [4.78, 5) is 5.85. The monoisotopic (exact) mass is 616 g/mol. The first-order chi connectivity index (χ1) is 12.9. The van der Waals surface area contributed by atoms with Gasteiger partial charge in [-0.25, -0.2) is 0 Å². The summed E-state index contributed by atoms with van der Waals surface area (Å²) in [6.45, 7) is 6.48. The predicted octanol–water partition coefficient (Wildman–Crippen LogP) is 6.33. The van der Waals surface area contributed by atoms with Gasteiger partial charge in [-0.15, -0.1) is 0 Å². The van der Waals surface area contributed by atoms with Gasteiger partial charge in [0.25, 0.3) is 0 Å². The van der Waals surface area contributed by atoms with Gasteiger partial charge in [0.1, 0.15) is 0 Å². The molecule has 0 radical (unpaired) electrons. The fourth-order valence-electron chi connectivity index (χ4n) is 3.33. The van der Waals surface area contributed by atoms with Crippen molar-refractivity contribution in [3.05, 3.63) is 59.4 Å². The van der Waals surface area contributed by atoms with Gasteiger partial charge >= 0.3 is 174 Å². The normalized spacial score (nSPS) is 11.8. The van der Waals surface area contributed by atoms with Crippen molar-refractivity contribution in [2.45, 2.75) is 48.9 Å². The Hall–Kier alpha value is -0.313. The Bertz CT molecular complexity index is 768. The molecule has 0 unspecified atom stereocenters. The Kier molecular flexibility index (Phi) is 9.77. The minimum absolute atomic E-state index is 0.396. The summed E-state index contributed by atoms with van der Waals surface area (Å²) < 4.78 is 69.6. The number of rotatable bonds is 5. The molecular weight excluding hydrogens is 585 g/mol. The second-order valence-corrected chi connectivity index (χ2v) is 37.4. The average molecular weight is 614 g/mol. The SMILES string of the molecule is C[CH2][Sn]([CH2]C)([CH2]C)[c]1cc(F)cc(F)c1.[CH3][Sn]([CH3])([CH3])[c]1ccc(F)c(F)c1F. The molecule has 0 heterocycles. The van der Waals surface area contributed by atoms with Crippen LogP contribution < -0.4 is 7.16 Å². The topological polar surface area (TPSA) is 0 Å². The molecule has 2 aromatic rings. The summed E-state index contributed by atoms with van der Waals surface area (Å²) in [6.07, 6.45) is 0. The van der Waals surface area contributed by atoms with Crippen LogP contribution in [0.15, 0.2) is 30.3 Å². The second-order valence-electron chi connectivity index (χ2n) is 7.97. The van der Waals surface area contributed by atoms with E-state index in [2.05, 4.69) is 20.8 Å². The van der Waals surface area contributed by atoms with Crippen molar-refractivity contribution in [2.75, 3.05) is 0 Å². The fourth-order valence-corrected chi connectivity index (χ4v) is 17.5. The van der Waals surface area contributed by atoms with Crippen LogP contribution in [0.1, 0.15) is 20.8 Å². The van der Waals surface area contributed by atoms with Crippen LogP contribution in [0.4, 0.5) is 22.0 Å². The van der Waals surface area contributed by atoms with Crippen LogP contribution in [-0.2, 0) is 0 Å². The molecule has 0 aromatic heterocycles. The zero-order chi connectivity index (χ0) is 21.7. The van der Waals surface area contributed by atoms with E-state index in [1.54, 1.807) is 12.1 Å². The van der Waals surface area contributed by atoms with Crippen LogP contribution in [0, 0.1) is 29.1 Å². The van der Waals surface area contributed by atoms with Crippen molar-refractivity contribution >= 4 is 43.9 Å². The maximum atomic E-state index is 13.2. The van der Waals surface area contributed by atoms with Crippen molar-refractivity contribution in [1.82, 2.24) is 0 Å². The molecule has 2 rings (SSSR count). The quantitative estimate of drug-likeness (QED) is 0.210. The summed E-state index contributed by atoms with van der Waals surface area (Å²) in [5.41, 5.74) is 0. The van der Waals surface area contributed by atoms with Crippen molar-refractivity contribution in [2.24, 2.45) is 0 Å². The summed E-state index contributed by atoms with van der Waals surface area (Å²) in [5.74, 6) is -4.31. The fraction of sp³-hybridized carbons (Fsp3) is 0.429. The van der Waals surface area contributed by atoms with Gasteiger partial charge in [0.15, 0.2) is 0 Å². The maximum absolute atomic E-state index is 13.2. The Morgan fingerprint density at radius 1 is 0.679 bits per heavy atom. The molecular formula is C21H29F5Sn2. The van der Waals surface area contributed by atoms with Gasteiger partial charge in [0.2, 0.25) is 0 Å². The van der Waals surface area contributed by atoms with Gasteiger partial charge in [-0.1, -0.05) is 0 Å². The van der Waals surface area contributed by atoms with Crippen LogP contribution in [-0.4, -0.2) is 36.8 Å². The summed E-state index contributed by atoms with van der Waals surface area (Å²) in [6, 6.07) is 6.42. The van der Waals surface area contributed by atoms with Crippen LogP contribution in [0.2, 0.25) is 28.1 Å². The van der Waals surface area contributed by atoms with E-state index in [-0.39, 0.29) is 0 Å². The third-order valence-electron chi connectivity index (χ3n) is 5.35. The molecule has 0 saturated heterocycles. The first-order valence-electron chi connectivity index (χ1n) is 9.52. The molecule has 0 saturated carbocycles. The molecule has 0 aliphatic rings. The van der Waals surface area contributed by atoms with Gasteiger partial charge < -0.3 is 0 Å². The third kappa shape index (κ3) is 6.34. The molecule has 156 valence electrons. The van der Waals surface area contributed by atoms with Crippen molar-refractivity contribution in [3.8, 4) is 0 Å². The van der Waals surface area contributed by atoms with E-state index in [4.69, 9.17) is 0 Å². The number of hydrogen-bond donors (Lipinski definition) is 0. The Labute approximate surface area is 173 Å². The summed E-state index contributed by atoms with van der Waals surface area (Å²) in [7, 11) is 0. The molecule has 2 aromatic carbocycles. The Morgan fingerprint density at radius 2 is 1.14 bits per heavy atom. The molecule has 28 heavy (non-hydrogen) atoms. The average Bonchev–Trinajstić information content (AvgIpc) is 2.60.